The van der Waals surface area contributed by atoms with Crippen molar-refractivity contribution >= 4 is 0 Å². The number of phenolic OH excluding ortho intramolecular Hbond substituents is 2. The maximum atomic E-state index is 9.74. The Kier molecular flexibility index (Phi) is 3.57. The van der Waals surface area contributed by atoms with Crippen LogP contribution in [0.15, 0.2) is 42.5 Å². The van der Waals surface area contributed by atoms with Gasteiger partial charge in [0.15, 0.2) is 0 Å². The molecule has 0 aliphatic rings. The molecule has 0 saturated heterocycles. The average Bonchev–Trinajstić information content (AvgIpc) is 2.39. The van der Waals surface area contributed by atoms with Gasteiger partial charge in [0.2, 0.25) is 0 Å². The topological polar surface area (TPSA) is 58.9 Å². The first kappa shape index (κ1) is 12.1. The summed E-state index contributed by atoms with van der Waals surface area (Å²) in [6.45, 7) is 0.251. The van der Waals surface area contributed by atoms with Crippen molar-refractivity contribution < 1.29 is 19.7 Å². The molecule has 0 fully saturated rings. The smallest absolute Gasteiger partial charge is 0.125 e. The molecule has 0 aliphatic carbocycles. The minimum Gasteiger partial charge on any atom is -0.508 e. The van der Waals surface area contributed by atoms with Crippen LogP contribution in [0.2, 0.25) is 0 Å². The van der Waals surface area contributed by atoms with E-state index in [9.17, 15) is 5.11 Å². The Morgan fingerprint density at radius 2 is 1.61 bits per heavy atom. The molecule has 4 heteroatoms. The zero-order chi connectivity index (χ0) is 13.0. The van der Waals surface area contributed by atoms with Gasteiger partial charge in [0.05, 0.1) is 7.11 Å². The van der Waals surface area contributed by atoms with Crippen LogP contribution in [0.3, 0.4) is 0 Å². The molecule has 2 rings (SSSR count). The maximum Gasteiger partial charge on any atom is 0.125 e. The maximum absolute atomic E-state index is 9.74. The van der Waals surface area contributed by atoms with Gasteiger partial charge in [0.1, 0.15) is 29.6 Å². The van der Waals surface area contributed by atoms with E-state index in [1.54, 1.807) is 43.5 Å². The summed E-state index contributed by atoms with van der Waals surface area (Å²) in [5.74, 6) is 1.55. The fraction of sp³-hybridized carbons (Fsp3) is 0.143. The van der Waals surface area contributed by atoms with Crippen molar-refractivity contribution in [2.24, 2.45) is 0 Å². The van der Waals surface area contributed by atoms with Crippen LogP contribution in [-0.4, -0.2) is 17.3 Å². The molecule has 0 bridgehead atoms. The number of phenols is 2. The van der Waals surface area contributed by atoms with Crippen LogP contribution in [0, 0.1) is 0 Å². The minimum atomic E-state index is 0.133. The lowest BCUT2D eigenvalue weighted by molar-refractivity contribution is 0.298. The Labute approximate surface area is 105 Å². The first-order chi connectivity index (χ1) is 8.69. The third kappa shape index (κ3) is 2.85. The highest BCUT2D eigenvalue weighted by atomic mass is 16.5. The minimum absolute atomic E-state index is 0.133. The summed E-state index contributed by atoms with van der Waals surface area (Å²) in [4.78, 5) is 0. The largest absolute Gasteiger partial charge is 0.508 e. The number of hydrogen-bond donors (Lipinski definition) is 2. The molecular weight excluding hydrogens is 232 g/mol. The molecule has 0 aromatic heterocycles. The number of benzene rings is 2. The van der Waals surface area contributed by atoms with Gasteiger partial charge in [-0.05, 0) is 36.4 Å². The van der Waals surface area contributed by atoms with Crippen LogP contribution in [0.5, 0.6) is 23.0 Å². The van der Waals surface area contributed by atoms with E-state index in [1.807, 2.05) is 0 Å². The Morgan fingerprint density at radius 3 is 2.22 bits per heavy atom. The highest BCUT2D eigenvalue weighted by Gasteiger charge is 2.04. The van der Waals surface area contributed by atoms with Crippen LogP contribution in [0.1, 0.15) is 5.56 Å². The molecule has 2 N–H and O–H groups in total. The highest BCUT2D eigenvalue weighted by Crippen LogP contribution is 2.25. The van der Waals surface area contributed by atoms with E-state index in [2.05, 4.69) is 0 Å². The molecule has 0 heterocycles. The van der Waals surface area contributed by atoms with Crippen LogP contribution in [-0.2, 0) is 6.61 Å². The first-order valence-corrected chi connectivity index (χ1v) is 5.47. The quantitative estimate of drug-likeness (QED) is 0.870. The van der Waals surface area contributed by atoms with Crippen molar-refractivity contribution in [3.8, 4) is 23.0 Å². The predicted molar refractivity (Wildman–Crippen MR) is 67.1 cm³/mol. The van der Waals surface area contributed by atoms with Gasteiger partial charge in [-0.2, -0.15) is 0 Å². The number of ether oxygens (including phenoxy) is 2. The average molecular weight is 246 g/mol. The van der Waals surface area contributed by atoms with Gasteiger partial charge in [-0.3, -0.25) is 0 Å². The molecule has 2 aromatic carbocycles. The van der Waals surface area contributed by atoms with Gasteiger partial charge >= 0.3 is 0 Å². The van der Waals surface area contributed by atoms with Gasteiger partial charge in [0, 0.05) is 11.6 Å². The predicted octanol–water partition coefficient (Wildman–Crippen LogP) is 2.69. The second-order valence-corrected chi connectivity index (χ2v) is 3.78. The summed E-state index contributed by atoms with van der Waals surface area (Å²) >= 11 is 0. The fourth-order valence-electron chi connectivity index (χ4n) is 1.50. The van der Waals surface area contributed by atoms with E-state index in [0.29, 0.717) is 17.1 Å². The van der Waals surface area contributed by atoms with Crippen molar-refractivity contribution in [3.05, 3.63) is 48.0 Å². The van der Waals surface area contributed by atoms with Crippen molar-refractivity contribution in [1.29, 1.82) is 0 Å². The highest BCUT2D eigenvalue weighted by molar-refractivity contribution is 5.39. The van der Waals surface area contributed by atoms with Crippen molar-refractivity contribution in [3.63, 3.8) is 0 Å². The zero-order valence-corrected chi connectivity index (χ0v) is 9.96. The standard InChI is InChI=1S/C14H14O4/c1-17-13-5-2-10(14(16)8-13)9-18-12-6-3-11(15)4-7-12/h2-8,15-16H,9H2,1H3. The lowest BCUT2D eigenvalue weighted by Gasteiger charge is -2.09. The van der Waals surface area contributed by atoms with Gasteiger partial charge in [-0.15, -0.1) is 0 Å². The Hall–Kier alpha value is -2.36. The van der Waals surface area contributed by atoms with Gasteiger partial charge in [0.25, 0.3) is 0 Å². The molecule has 0 aliphatic heterocycles. The SMILES string of the molecule is COc1ccc(COc2ccc(O)cc2)c(O)c1. The normalized spacial score (nSPS) is 10.1. The Balaban J connectivity index is 2.04. The van der Waals surface area contributed by atoms with E-state index in [0.717, 1.165) is 0 Å². The second kappa shape index (κ2) is 5.31. The van der Waals surface area contributed by atoms with Gasteiger partial charge in [-0.25, -0.2) is 0 Å². The van der Waals surface area contributed by atoms with Crippen LogP contribution in [0.25, 0.3) is 0 Å². The van der Waals surface area contributed by atoms with E-state index in [-0.39, 0.29) is 18.1 Å². The molecule has 94 valence electrons. The van der Waals surface area contributed by atoms with Crippen LogP contribution in [0.4, 0.5) is 0 Å². The Bertz CT molecular complexity index is 520. The molecule has 4 nitrogen and oxygen atoms in total. The molecular formula is C14H14O4. The third-order valence-electron chi connectivity index (χ3n) is 2.52. The molecule has 0 amide bonds. The number of methoxy groups -OCH3 is 1. The summed E-state index contributed by atoms with van der Waals surface area (Å²) in [7, 11) is 1.54. The second-order valence-electron chi connectivity index (χ2n) is 3.78. The third-order valence-corrected chi connectivity index (χ3v) is 2.52. The van der Waals surface area contributed by atoms with Crippen molar-refractivity contribution in [2.45, 2.75) is 6.61 Å². The molecule has 0 saturated carbocycles. The zero-order valence-electron chi connectivity index (χ0n) is 9.96. The summed E-state index contributed by atoms with van der Waals surface area (Å²) in [6.07, 6.45) is 0. The molecule has 0 radical (unpaired) electrons. The monoisotopic (exact) mass is 246 g/mol. The van der Waals surface area contributed by atoms with Crippen molar-refractivity contribution in [1.82, 2.24) is 0 Å². The van der Waals surface area contributed by atoms with E-state index < -0.39 is 0 Å². The van der Waals surface area contributed by atoms with E-state index in [4.69, 9.17) is 14.6 Å². The molecule has 2 aromatic rings. The summed E-state index contributed by atoms with van der Waals surface area (Å²) < 4.78 is 10.5. The van der Waals surface area contributed by atoms with Crippen LogP contribution >= 0.6 is 0 Å². The summed E-state index contributed by atoms with van der Waals surface area (Å²) in [5, 5.41) is 18.9. The van der Waals surface area contributed by atoms with E-state index >= 15 is 0 Å². The lowest BCUT2D eigenvalue weighted by Crippen LogP contribution is -1.96. The summed E-state index contributed by atoms with van der Waals surface area (Å²) in [6, 6.07) is 11.5. The Morgan fingerprint density at radius 1 is 0.944 bits per heavy atom. The number of aromatic hydroxyl groups is 2. The molecule has 0 atom stereocenters. The molecule has 0 unspecified atom stereocenters. The number of hydrogen-bond acceptors (Lipinski definition) is 4. The number of rotatable bonds is 4. The van der Waals surface area contributed by atoms with Gasteiger partial charge in [-0.1, -0.05) is 0 Å². The molecule has 0 spiro atoms. The van der Waals surface area contributed by atoms with Gasteiger partial charge < -0.3 is 19.7 Å². The molecule has 18 heavy (non-hydrogen) atoms. The first-order valence-electron chi connectivity index (χ1n) is 5.47. The van der Waals surface area contributed by atoms with Crippen molar-refractivity contribution in [2.75, 3.05) is 7.11 Å². The fourth-order valence-corrected chi connectivity index (χ4v) is 1.50. The van der Waals surface area contributed by atoms with E-state index in [1.165, 1.54) is 6.07 Å². The summed E-state index contributed by atoms with van der Waals surface area (Å²) in [5.41, 5.74) is 0.670. The lowest BCUT2D eigenvalue weighted by atomic mass is 10.2. The van der Waals surface area contributed by atoms with Crippen LogP contribution < -0.4 is 9.47 Å².